The van der Waals surface area contributed by atoms with Crippen LogP contribution in [0.2, 0.25) is 18.1 Å². The fraction of sp³-hybridized carbons (Fsp3) is 0.556. The molecule has 1 aromatic rings. The fourth-order valence-corrected chi connectivity index (χ4v) is 3.68. The Balaban J connectivity index is 2.39. The molecule has 0 spiro atoms. The molecule has 3 heteroatoms. The summed E-state index contributed by atoms with van der Waals surface area (Å²) < 4.78 is 6.51. The summed E-state index contributed by atoms with van der Waals surface area (Å²) in [5, 5.41) is 11.4. The van der Waals surface area contributed by atoms with Crippen molar-refractivity contribution in [1.29, 1.82) is 0 Å². The van der Waals surface area contributed by atoms with Crippen LogP contribution in [-0.2, 0) is 10.0 Å². The molecule has 1 unspecified atom stereocenters. The summed E-state index contributed by atoms with van der Waals surface area (Å²) in [4.78, 5) is 0. The predicted molar refractivity (Wildman–Crippen MR) is 90.6 cm³/mol. The molecule has 1 N–H and O–H groups in total. The number of hydrogen-bond acceptors (Lipinski definition) is 2. The molecule has 0 aliphatic heterocycles. The van der Waals surface area contributed by atoms with Gasteiger partial charge in [0, 0.05) is 0 Å². The van der Waals surface area contributed by atoms with Gasteiger partial charge in [0.1, 0.15) is 11.4 Å². The molecule has 0 bridgehead atoms. The molecule has 0 saturated heterocycles. The van der Waals surface area contributed by atoms with Crippen LogP contribution in [-0.4, -0.2) is 13.4 Å². The van der Waals surface area contributed by atoms with Crippen molar-refractivity contribution in [3.05, 3.63) is 47.2 Å². The van der Waals surface area contributed by atoms with Gasteiger partial charge < -0.3 is 9.53 Å². The predicted octanol–water partition coefficient (Wildman–Crippen LogP) is 4.96. The second kappa shape index (κ2) is 5.29. The van der Waals surface area contributed by atoms with Gasteiger partial charge in [-0.2, -0.15) is 0 Å². The zero-order chi connectivity index (χ0) is 15.9. The summed E-state index contributed by atoms with van der Waals surface area (Å²) in [7, 11) is -1.95. The third-order valence-corrected chi connectivity index (χ3v) is 9.37. The quantitative estimate of drug-likeness (QED) is 0.799. The minimum absolute atomic E-state index is 0.125. The average Bonchev–Trinajstić information content (AvgIpc) is 2.68. The molecule has 0 radical (unpaired) electrons. The first kappa shape index (κ1) is 16.3. The summed E-state index contributed by atoms with van der Waals surface area (Å²) >= 11 is 0. The highest BCUT2D eigenvalue weighted by atomic mass is 28.4. The van der Waals surface area contributed by atoms with Crippen molar-refractivity contribution in [2.24, 2.45) is 0 Å². The second-order valence-corrected chi connectivity index (χ2v) is 12.4. The first-order chi connectivity index (χ1) is 9.58. The van der Waals surface area contributed by atoms with Gasteiger partial charge in [-0.05, 0) is 49.0 Å². The van der Waals surface area contributed by atoms with Gasteiger partial charge in [0.05, 0.1) is 0 Å². The summed E-state index contributed by atoms with van der Waals surface area (Å²) in [5.41, 5.74) is 1.17. The van der Waals surface area contributed by atoms with Crippen LogP contribution in [0.4, 0.5) is 0 Å². The summed E-state index contributed by atoms with van der Waals surface area (Å²) in [5.74, 6) is 0.806. The van der Waals surface area contributed by atoms with E-state index in [-0.39, 0.29) is 5.04 Å². The number of rotatable bonds is 3. The van der Waals surface area contributed by atoms with E-state index in [2.05, 4.69) is 40.8 Å². The molecule has 0 saturated carbocycles. The lowest BCUT2D eigenvalue weighted by Gasteiger charge is -2.40. The Labute approximate surface area is 130 Å². The molecule has 1 aliphatic carbocycles. The lowest BCUT2D eigenvalue weighted by atomic mass is 9.92. The van der Waals surface area contributed by atoms with E-state index in [1.54, 1.807) is 0 Å². The van der Waals surface area contributed by atoms with Gasteiger partial charge in [-0.3, -0.25) is 0 Å². The normalized spacial score (nSPS) is 23.6. The Morgan fingerprint density at radius 3 is 2.24 bits per heavy atom. The van der Waals surface area contributed by atoms with E-state index in [0.717, 1.165) is 17.7 Å². The van der Waals surface area contributed by atoms with E-state index in [1.807, 2.05) is 30.3 Å². The van der Waals surface area contributed by atoms with Crippen molar-refractivity contribution in [2.45, 2.75) is 64.3 Å². The topological polar surface area (TPSA) is 29.5 Å². The molecule has 1 aromatic carbocycles. The largest absolute Gasteiger partial charge is 0.544 e. The number of hydrogen-bond donors (Lipinski definition) is 1. The van der Waals surface area contributed by atoms with Crippen molar-refractivity contribution >= 4 is 8.32 Å². The Morgan fingerprint density at radius 2 is 1.71 bits per heavy atom. The van der Waals surface area contributed by atoms with Crippen LogP contribution in [0.1, 0.15) is 46.1 Å². The Hall–Kier alpha value is -1.06. The smallest absolute Gasteiger partial charge is 0.250 e. The lowest BCUT2D eigenvalue weighted by molar-refractivity contribution is 0.0386. The van der Waals surface area contributed by atoms with Gasteiger partial charge in [-0.1, -0.05) is 51.1 Å². The molecule has 0 heterocycles. The Kier molecular flexibility index (Phi) is 4.11. The number of aliphatic hydroxyl groups is 1. The Bertz CT molecular complexity index is 540. The van der Waals surface area contributed by atoms with E-state index in [4.69, 9.17) is 4.43 Å². The van der Waals surface area contributed by atoms with Crippen molar-refractivity contribution < 1.29 is 9.53 Å². The van der Waals surface area contributed by atoms with E-state index in [9.17, 15) is 5.11 Å². The number of allylic oxidation sites excluding steroid dienone is 1. The third-order valence-electron chi connectivity index (χ3n) is 5.04. The highest BCUT2D eigenvalue weighted by Crippen LogP contribution is 2.48. The van der Waals surface area contributed by atoms with E-state index in [0.29, 0.717) is 6.42 Å². The van der Waals surface area contributed by atoms with Crippen LogP contribution < -0.4 is 0 Å². The highest BCUT2D eigenvalue weighted by Gasteiger charge is 2.47. The van der Waals surface area contributed by atoms with Gasteiger partial charge >= 0.3 is 0 Å². The summed E-state index contributed by atoms with van der Waals surface area (Å²) in [6.07, 6.45) is 1.61. The maximum Gasteiger partial charge on any atom is 0.250 e. The van der Waals surface area contributed by atoms with Gasteiger partial charge in [0.15, 0.2) is 0 Å². The van der Waals surface area contributed by atoms with Crippen LogP contribution in [0.15, 0.2) is 41.7 Å². The minimum atomic E-state index is -1.95. The SMILES string of the molecule is CC1=C(O[Si](C)(C)C(C)(C)C)C(O)(c2ccccc2)CC1. The lowest BCUT2D eigenvalue weighted by Crippen LogP contribution is -2.43. The first-order valence-corrected chi connectivity index (χ1v) is 10.7. The van der Waals surface area contributed by atoms with Crippen LogP contribution in [0, 0.1) is 0 Å². The average molecular weight is 305 g/mol. The molecule has 21 heavy (non-hydrogen) atoms. The molecule has 0 fully saturated rings. The van der Waals surface area contributed by atoms with Gasteiger partial charge in [0.2, 0.25) is 8.32 Å². The monoisotopic (exact) mass is 304 g/mol. The molecule has 1 aliphatic rings. The Morgan fingerprint density at radius 1 is 1.14 bits per heavy atom. The van der Waals surface area contributed by atoms with Gasteiger partial charge in [-0.15, -0.1) is 0 Å². The van der Waals surface area contributed by atoms with E-state index >= 15 is 0 Å². The second-order valence-electron chi connectivity index (χ2n) is 7.70. The molecular formula is C18H28O2Si. The van der Waals surface area contributed by atoms with Gasteiger partial charge in [-0.25, -0.2) is 0 Å². The van der Waals surface area contributed by atoms with Crippen LogP contribution >= 0.6 is 0 Å². The minimum Gasteiger partial charge on any atom is -0.544 e. The maximum absolute atomic E-state index is 11.3. The van der Waals surface area contributed by atoms with Crippen LogP contribution in [0.3, 0.4) is 0 Å². The zero-order valence-corrected chi connectivity index (χ0v) is 15.2. The molecule has 0 amide bonds. The fourth-order valence-electron chi connectivity index (χ4n) is 2.52. The zero-order valence-electron chi connectivity index (χ0n) is 14.2. The third kappa shape index (κ3) is 2.95. The molecule has 116 valence electrons. The maximum atomic E-state index is 11.3. The first-order valence-electron chi connectivity index (χ1n) is 7.75. The van der Waals surface area contributed by atoms with E-state index < -0.39 is 13.9 Å². The summed E-state index contributed by atoms with van der Waals surface area (Å²) in [6, 6.07) is 9.92. The van der Waals surface area contributed by atoms with Crippen molar-refractivity contribution in [1.82, 2.24) is 0 Å². The van der Waals surface area contributed by atoms with E-state index in [1.165, 1.54) is 5.57 Å². The van der Waals surface area contributed by atoms with Crippen molar-refractivity contribution in [3.8, 4) is 0 Å². The molecule has 2 rings (SSSR count). The highest BCUT2D eigenvalue weighted by molar-refractivity contribution is 6.74. The molecule has 1 atom stereocenters. The van der Waals surface area contributed by atoms with Crippen LogP contribution in [0.25, 0.3) is 0 Å². The standard InChI is InChI=1S/C18H28O2Si/c1-14-12-13-18(19,15-10-8-7-9-11-15)16(14)20-21(5,6)17(2,3)4/h7-11,19H,12-13H2,1-6H3. The van der Waals surface area contributed by atoms with Crippen molar-refractivity contribution in [3.63, 3.8) is 0 Å². The van der Waals surface area contributed by atoms with Crippen molar-refractivity contribution in [2.75, 3.05) is 0 Å². The van der Waals surface area contributed by atoms with Crippen LogP contribution in [0.5, 0.6) is 0 Å². The molecular weight excluding hydrogens is 276 g/mol. The van der Waals surface area contributed by atoms with Gasteiger partial charge in [0.25, 0.3) is 0 Å². The molecule has 0 aromatic heterocycles. The number of benzene rings is 1. The molecule has 2 nitrogen and oxygen atoms in total. The summed E-state index contributed by atoms with van der Waals surface area (Å²) in [6.45, 7) is 13.2.